The lowest BCUT2D eigenvalue weighted by Crippen LogP contribution is -2.39. The Kier molecular flexibility index (Phi) is 4.44. The molecule has 0 aliphatic carbocycles. The summed E-state index contributed by atoms with van der Waals surface area (Å²) in [6, 6.07) is 0.623. The number of aromatic nitrogens is 1. The third-order valence-electron chi connectivity index (χ3n) is 4.20. The lowest BCUT2D eigenvalue weighted by atomic mass is 9.86. The molecule has 1 aromatic rings. The molecule has 6 heteroatoms. The van der Waals surface area contributed by atoms with Crippen LogP contribution in [0, 0.1) is 5.92 Å². The van der Waals surface area contributed by atoms with Crippen LogP contribution in [0.5, 0.6) is 0 Å². The standard InChI is InChI=1S/C16H22F3NO2/c1-10-5-6-22-9-13(10)20-8-11(16(17,18)19)7-12(14(20)21)15(2,3)4/h7-8,10,13H,5-6,9H2,1-4H3. The topological polar surface area (TPSA) is 31.2 Å². The maximum Gasteiger partial charge on any atom is 0.417 e. The lowest BCUT2D eigenvalue weighted by Gasteiger charge is -2.32. The minimum absolute atomic E-state index is 0.0998. The number of pyridine rings is 1. The van der Waals surface area contributed by atoms with Crippen LogP contribution in [-0.4, -0.2) is 17.8 Å². The number of nitrogens with zero attached hydrogens (tertiary/aromatic N) is 1. The van der Waals surface area contributed by atoms with Crippen molar-refractivity contribution in [1.82, 2.24) is 4.57 Å². The molecule has 1 aliphatic heterocycles. The van der Waals surface area contributed by atoms with E-state index >= 15 is 0 Å². The Morgan fingerprint density at radius 2 is 1.91 bits per heavy atom. The minimum Gasteiger partial charge on any atom is -0.379 e. The van der Waals surface area contributed by atoms with Gasteiger partial charge in [-0.1, -0.05) is 27.7 Å². The third-order valence-corrected chi connectivity index (χ3v) is 4.20. The summed E-state index contributed by atoms with van der Waals surface area (Å²) < 4.78 is 46.2. The van der Waals surface area contributed by atoms with E-state index in [1.165, 1.54) is 4.57 Å². The van der Waals surface area contributed by atoms with Gasteiger partial charge in [0.15, 0.2) is 0 Å². The molecule has 2 heterocycles. The van der Waals surface area contributed by atoms with Crippen LogP contribution in [-0.2, 0) is 16.3 Å². The zero-order valence-corrected chi connectivity index (χ0v) is 13.3. The van der Waals surface area contributed by atoms with E-state index in [1.54, 1.807) is 20.8 Å². The summed E-state index contributed by atoms with van der Waals surface area (Å²) in [5.41, 5.74) is -1.61. The second-order valence-corrected chi connectivity index (χ2v) is 7.01. The van der Waals surface area contributed by atoms with Gasteiger partial charge in [0.05, 0.1) is 18.2 Å². The molecule has 0 aromatic carbocycles. The van der Waals surface area contributed by atoms with Gasteiger partial charge in [-0.2, -0.15) is 13.2 Å². The summed E-state index contributed by atoms with van der Waals surface area (Å²) in [4.78, 5) is 12.7. The van der Waals surface area contributed by atoms with Crippen LogP contribution < -0.4 is 5.56 Å². The molecule has 2 atom stereocenters. The molecule has 1 aromatic heterocycles. The molecule has 0 radical (unpaired) electrons. The van der Waals surface area contributed by atoms with E-state index < -0.39 is 17.2 Å². The van der Waals surface area contributed by atoms with Gasteiger partial charge in [-0.05, 0) is 23.8 Å². The van der Waals surface area contributed by atoms with Gasteiger partial charge in [-0.15, -0.1) is 0 Å². The van der Waals surface area contributed by atoms with Crippen molar-refractivity contribution < 1.29 is 17.9 Å². The number of hydrogen-bond donors (Lipinski definition) is 0. The minimum atomic E-state index is -4.48. The Hall–Kier alpha value is -1.30. The molecular formula is C16H22F3NO2. The Bertz CT molecular complexity index is 599. The highest BCUT2D eigenvalue weighted by Crippen LogP contribution is 2.33. The second kappa shape index (κ2) is 5.72. The van der Waals surface area contributed by atoms with E-state index in [2.05, 4.69) is 0 Å². The predicted molar refractivity (Wildman–Crippen MR) is 78.0 cm³/mol. The van der Waals surface area contributed by atoms with Crippen LogP contribution in [0.3, 0.4) is 0 Å². The first-order chi connectivity index (χ1) is 10.0. The van der Waals surface area contributed by atoms with Crippen molar-refractivity contribution in [2.75, 3.05) is 13.2 Å². The Morgan fingerprint density at radius 1 is 1.27 bits per heavy atom. The van der Waals surface area contributed by atoms with Gasteiger partial charge in [0.1, 0.15) is 0 Å². The van der Waals surface area contributed by atoms with Gasteiger partial charge in [-0.3, -0.25) is 4.79 Å². The number of alkyl halides is 3. The Labute approximate surface area is 128 Å². The van der Waals surface area contributed by atoms with Gasteiger partial charge in [0, 0.05) is 18.4 Å². The summed E-state index contributed by atoms with van der Waals surface area (Å²) in [6.45, 7) is 8.03. The fourth-order valence-electron chi connectivity index (χ4n) is 2.73. The van der Waals surface area contributed by atoms with Crippen molar-refractivity contribution >= 4 is 0 Å². The highest BCUT2D eigenvalue weighted by atomic mass is 19.4. The number of rotatable bonds is 1. The first kappa shape index (κ1) is 17.1. The summed E-state index contributed by atoms with van der Waals surface area (Å²) in [7, 11) is 0. The molecule has 124 valence electrons. The fourth-order valence-corrected chi connectivity index (χ4v) is 2.73. The van der Waals surface area contributed by atoms with Gasteiger partial charge >= 0.3 is 6.18 Å². The third kappa shape index (κ3) is 3.37. The van der Waals surface area contributed by atoms with Crippen LogP contribution >= 0.6 is 0 Å². The van der Waals surface area contributed by atoms with Gasteiger partial charge in [-0.25, -0.2) is 0 Å². The maximum absolute atomic E-state index is 13.2. The normalized spacial score (nSPS) is 23.6. The van der Waals surface area contributed by atoms with E-state index in [-0.39, 0.29) is 29.7 Å². The first-order valence-electron chi connectivity index (χ1n) is 7.43. The number of ether oxygens (including phenoxy) is 1. The molecular weight excluding hydrogens is 295 g/mol. The van der Waals surface area contributed by atoms with Crippen LogP contribution in [0.2, 0.25) is 0 Å². The predicted octanol–water partition coefficient (Wildman–Crippen LogP) is 3.76. The van der Waals surface area contributed by atoms with Crippen LogP contribution in [0.4, 0.5) is 13.2 Å². The summed E-state index contributed by atoms with van der Waals surface area (Å²) >= 11 is 0. The molecule has 1 fully saturated rings. The van der Waals surface area contributed by atoms with Crippen LogP contribution in [0.25, 0.3) is 0 Å². The molecule has 0 bridgehead atoms. The van der Waals surface area contributed by atoms with Crippen molar-refractivity contribution in [2.45, 2.75) is 51.7 Å². The van der Waals surface area contributed by atoms with Crippen LogP contribution in [0.15, 0.2) is 17.1 Å². The van der Waals surface area contributed by atoms with Crippen molar-refractivity contribution in [2.24, 2.45) is 5.92 Å². The molecule has 0 N–H and O–H groups in total. The molecule has 0 spiro atoms. The average Bonchev–Trinajstić information content (AvgIpc) is 2.37. The lowest BCUT2D eigenvalue weighted by molar-refractivity contribution is -0.138. The molecule has 2 unspecified atom stereocenters. The van der Waals surface area contributed by atoms with E-state index in [0.717, 1.165) is 18.7 Å². The molecule has 3 nitrogen and oxygen atoms in total. The fraction of sp³-hybridized carbons (Fsp3) is 0.688. The summed E-state index contributed by atoms with van der Waals surface area (Å²) in [5.74, 6) is 0.0998. The average molecular weight is 317 g/mol. The quantitative estimate of drug-likeness (QED) is 0.789. The maximum atomic E-state index is 13.2. The highest BCUT2D eigenvalue weighted by molar-refractivity contribution is 5.27. The summed E-state index contributed by atoms with van der Waals surface area (Å²) in [6.07, 6.45) is -2.81. The molecule has 1 saturated heterocycles. The number of hydrogen-bond acceptors (Lipinski definition) is 2. The Balaban J connectivity index is 2.64. The van der Waals surface area contributed by atoms with Crippen molar-refractivity contribution in [1.29, 1.82) is 0 Å². The molecule has 1 aliphatic rings. The van der Waals surface area contributed by atoms with Crippen molar-refractivity contribution in [3.63, 3.8) is 0 Å². The van der Waals surface area contributed by atoms with Crippen molar-refractivity contribution in [3.8, 4) is 0 Å². The first-order valence-corrected chi connectivity index (χ1v) is 7.43. The van der Waals surface area contributed by atoms with Gasteiger partial charge in [0.25, 0.3) is 5.56 Å². The Morgan fingerprint density at radius 3 is 2.41 bits per heavy atom. The van der Waals surface area contributed by atoms with E-state index in [4.69, 9.17) is 4.74 Å². The van der Waals surface area contributed by atoms with E-state index in [9.17, 15) is 18.0 Å². The zero-order chi connectivity index (χ0) is 16.7. The van der Waals surface area contributed by atoms with Crippen LogP contribution in [0.1, 0.15) is 51.3 Å². The molecule has 0 amide bonds. The summed E-state index contributed by atoms with van der Waals surface area (Å²) in [5, 5.41) is 0. The van der Waals surface area contributed by atoms with E-state index in [1.807, 2.05) is 6.92 Å². The molecule has 22 heavy (non-hydrogen) atoms. The molecule has 2 rings (SSSR count). The van der Waals surface area contributed by atoms with Gasteiger partial charge < -0.3 is 9.30 Å². The van der Waals surface area contributed by atoms with E-state index in [0.29, 0.717) is 6.61 Å². The van der Waals surface area contributed by atoms with Crippen molar-refractivity contribution in [3.05, 3.63) is 33.7 Å². The zero-order valence-electron chi connectivity index (χ0n) is 13.3. The number of halogens is 3. The largest absolute Gasteiger partial charge is 0.417 e. The van der Waals surface area contributed by atoms with Gasteiger partial charge in [0.2, 0.25) is 0 Å². The smallest absolute Gasteiger partial charge is 0.379 e. The SMILES string of the molecule is CC1CCOCC1n1cc(C(F)(F)F)cc(C(C)(C)C)c1=O. The highest BCUT2D eigenvalue weighted by Gasteiger charge is 2.35. The molecule has 0 saturated carbocycles. The second-order valence-electron chi connectivity index (χ2n) is 7.01. The monoisotopic (exact) mass is 317 g/mol.